The molecule has 94 valence electrons. The van der Waals surface area contributed by atoms with Crippen LogP contribution in [0.5, 0.6) is 0 Å². The first-order chi connectivity index (χ1) is 8.04. The molecule has 0 radical (unpaired) electrons. The highest BCUT2D eigenvalue weighted by atomic mass is 16.3. The number of aromatic nitrogens is 2. The molecule has 1 saturated carbocycles. The van der Waals surface area contributed by atoms with Gasteiger partial charge in [0.2, 0.25) is 0 Å². The summed E-state index contributed by atoms with van der Waals surface area (Å²) in [5.41, 5.74) is -1.15. The molecule has 0 aromatic carbocycles. The first-order valence-corrected chi connectivity index (χ1v) is 5.33. The Labute approximate surface area is 96.0 Å². The van der Waals surface area contributed by atoms with Crippen molar-refractivity contribution in [2.75, 3.05) is 6.61 Å². The number of rotatable bonds is 2. The van der Waals surface area contributed by atoms with Crippen molar-refractivity contribution in [3.05, 3.63) is 33.1 Å². The van der Waals surface area contributed by atoms with E-state index in [0.717, 1.165) is 0 Å². The van der Waals surface area contributed by atoms with Crippen LogP contribution in [0.3, 0.4) is 0 Å². The maximum Gasteiger partial charge on any atom is 0.328 e. The number of H-pyrrole nitrogens is 1. The summed E-state index contributed by atoms with van der Waals surface area (Å²) in [5.74, 6) is -0.464. The summed E-state index contributed by atoms with van der Waals surface area (Å²) in [6.45, 7) is -0.257. The summed E-state index contributed by atoms with van der Waals surface area (Å²) < 4.78 is 1.17. The van der Waals surface area contributed by atoms with E-state index in [-0.39, 0.29) is 13.0 Å². The minimum atomic E-state index is -1.13. The molecule has 7 heteroatoms. The summed E-state index contributed by atoms with van der Waals surface area (Å²) in [5, 5.41) is 28.4. The summed E-state index contributed by atoms with van der Waals surface area (Å²) >= 11 is 0. The van der Waals surface area contributed by atoms with Crippen LogP contribution < -0.4 is 11.2 Å². The smallest absolute Gasteiger partial charge is 0.328 e. The van der Waals surface area contributed by atoms with E-state index in [1.54, 1.807) is 0 Å². The van der Waals surface area contributed by atoms with Crippen molar-refractivity contribution in [1.29, 1.82) is 0 Å². The minimum absolute atomic E-state index is 0.257. The molecule has 7 nitrogen and oxygen atoms in total. The first-order valence-electron chi connectivity index (χ1n) is 5.33. The number of nitrogens with one attached hydrogen (secondary N) is 1. The van der Waals surface area contributed by atoms with Crippen LogP contribution in [0.2, 0.25) is 0 Å². The molecule has 1 aromatic heterocycles. The molecular formula is C10H14N2O5. The Hall–Kier alpha value is -1.44. The molecule has 0 aliphatic heterocycles. The molecule has 2 rings (SSSR count). The van der Waals surface area contributed by atoms with Gasteiger partial charge in [0.15, 0.2) is 0 Å². The number of aliphatic hydroxyl groups excluding tert-OH is 3. The topological polar surface area (TPSA) is 116 Å². The fraction of sp³-hybridized carbons (Fsp3) is 0.600. The highest BCUT2D eigenvalue weighted by Gasteiger charge is 2.42. The van der Waals surface area contributed by atoms with Gasteiger partial charge in [-0.2, -0.15) is 0 Å². The molecule has 0 amide bonds. The zero-order chi connectivity index (χ0) is 12.6. The Morgan fingerprint density at radius 2 is 2.06 bits per heavy atom. The van der Waals surface area contributed by atoms with Crippen LogP contribution in [0, 0.1) is 5.92 Å². The van der Waals surface area contributed by atoms with Gasteiger partial charge in [-0.05, 0) is 6.42 Å². The summed E-state index contributed by atoms with van der Waals surface area (Å²) in [6.07, 6.45) is -0.633. The van der Waals surface area contributed by atoms with E-state index in [1.807, 2.05) is 0 Å². The summed E-state index contributed by atoms with van der Waals surface area (Å²) in [7, 11) is 0. The molecule has 0 spiro atoms. The molecule has 1 aromatic rings. The lowest BCUT2D eigenvalue weighted by Crippen LogP contribution is -2.37. The van der Waals surface area contributed by atoms with Crippen LogP contribution >= 0.6 is 0 Å². The second-order valence-electron chi connectivity index (χ2n) is 4.24. The number of nitrogens with zero attached hydrogens (tertiary/aromatic N) is 1. The van der Waals surface area contributed by atoms with Gasteiger partial charge >= 0.3 is 5.69 Å². The van der Waals surface area contributed by atoms with E-state index in [2.05, 4.69) is 4.98 Å². The van der Waals surface area contributed by atoms with Gasteiger partial charge in [-0.15, -0.1) is 0 Å². The molecule has 0 saturated heterocycles. The molecule has 0 bridgehead atoms. The molecule has 4 N–H and O–H groups in total. The van der Waals surface area contributed by atoms with Gasteiger partial charge in [-0.1, -0.05) is 0 Å². The monoisotopic (exact) mass is 242 g/mol. The van der Waals surface area contributed by atoms with Gasteiger partial charge in [0, 0.05) is 24.8 Å². The molecule has 1 aliphatic rings. The van der Waals surface area contributed by atoms with E-state index in [0.29, 0.717) is 0 Å². The summed E-state index contributed by atoms with van der Waals surface area (Å²) in [6, 6.07) is 0.541. The van der Waals surface area contributed by atoms with Crippen LogP contribution in [0.25, 0.3) is 0 Å². The van der Waals surface area contributed by atoms with Crippen molar-refractivity contribution < 1.29 is 15.3 Å². The van der Waals surface area contributed by atoms with Gasteiger partial charge < -0.3 is 15.3 Å². The Bertz CT molecular complexity index is 508. The van der Waals surface area contributed by atoms with Crippen molar-refractivity contribution in [3.8, 4) is 0 Å². The standard InChI is InChI=1S/C10H14N2O5/c13-4-5-3-6(9(16)8(5)15)12-2-1-7(14)11-10(12)17/h1-2,5-6,8-9,13,15-16H,3-4H2,(H,11,14,17)/t5-,6-,8?,9?/m1/s1. The molecule has 1 fully saturated rings. The quantitative estimate of drug-likeness (QED) is 0.470. The van der Waals surface area contributed by atoms with E-state index in [4.69, 9.17) is 5.11 Å². The Morgan fingerprint density at radius 1 is 1.35 bits per heavy atom. The van der Waals surface area contributed by atoms with Crippen molar-refractivity contribution >= 4 is 0 Å². The van der Waals surface area contributed by atoms with Crippen molar-refractivity contribution in [2.24, 2.45) is 5.92 Å². The van der Waals surface area contributed by atoms with Crippen LogP contribution in [-0.2, 0) is 0 Å². The van der Waals surface area contributed by atoms with E-state index in [9.17, 15) is 19.8 Å². The van der Waals surface area contributed by atoms with Crippen molar-refractivity contribution in [3.63, 3.8) is 0 Å². The van der Waals surface area contributed by atoms with E-state index in [1.165, 1.54) is 16.8 Å². The average Bonchev–Trinajstić information content (AvgIpc) is 2.57. The van der Waals surface area contributed by atoms with Gasteiger partial charge in [0.05, 0.1) is 12.1 Å². The third kappa shape index (κ3) is 2.04. The number of hydrogen-bond donors (Lipinski definition) is 4. The normalized spacial score (nSPS) is 32.9. The maximum absolute atomic E-state index is 11.5. The second kappa shape index (κ2) is 4.44. The number of hydrogen-bond acceptors (Lipinski definition) is 5. The summed E-state index contributed by atoms with van der Waals surface area (Å²) in [4.78, 5) is 24.5. The van der Waals surface area contributed by atoms with Gasteiger partial charge in [-0.3, -0.25) is 14.3 Å². The van der Waals surface area contributed by atoms with Crippen LogP contribution in [0.4, 0.5) is 0 Å². The average molecular weight is 242 g/mol. The zero-order valence-corrected chi connectivity index (χ0v) is 8.98. The second-order valence-corrected chi connectivity index (χ2v) is 4.24. The predicted molar refractivity (Wildman–Crippen MR) is 57.6 cm³/mol. The third-order valence-electron chi connectivity index (χ3n) is 3.21. The number of aliphatic hydroxyl groups is 3. The highest BCUT2D eigenvalue weighted by Crippen LogP contribution is 2.33. The predicted octanol–water partition coefficient (Wildman–Crippen LogP) is -2.19. The first kappa shape index (κ1) is 12.0. The molecule has 4 atom stereocenters. The van der Waals surface area contributed by atoms with Gasteiger partial charge in [0.25, 0.3) is 5.56 Å². The van der Waals surface area contributed by atoms with Crippen LogP contribution in [0.15, 0.2) is 21.9 Å². The minimum Gasteiger partial charge on any atom is -0.396 e. The number of aromatic amines is 1. The SMILES string of the molecule is O=c1ccn([C@@H]2C[C@H](CO)C(O)C2O)c(=O)[nH]1. The molecule has 1 aliphatic carbocycles. The lowest BCUT2D eigenvalue weighted by Gasteiger charge is -2.18. The van der Waals surface area contributed by atoms with E-state index < -0.39 is 35.4 Å². The van der Waals surface area contributed by atoms with E-state index >= 15 is 0 Å². The lowest BCUT2D eigenvalue weighted by molar-refractivity contribution is -0.00455. The molecule has 2 unspecified atom stereocenters. The lowest BCUT2D eigenvalue weighted by atomic mass is 10.1. The highest BCUT2D eigenvalue weighted by molar-refractivity contribution is 4.97. The molecular weight excluding hydrogens is 228 g/mol. The largest absolute Gasteiger partial charge is 0.396 e. The van der Waals surface area contributed by atoms with Gasteiger partial charge in [-0.25, -0.2) is 4.79 Å². The fourth-order valence-corrected chi connectivity index (χ4v) is 2.24. The van der Waals surface area contributed by atoms with Crippen molar-refractivity contribution in [2.45, 2.75) is 24.7 Å². The third-order valence-corrected chi connectivity index (χ3v) is 3.21. The van der Waals surface area contributed by atoms with Crippen molar-refractivity contribution in [1.82, 2.24) is 9.55 Å². The van der Waals surface area contributed by atoms with Crippen LogP contribution in [-0.4, -0.2) is 43.7 Å². The Kier molecular flexibility index (Phi) is 3.14. The van der Waals surface area contributed by atoms with Gasteiger partial charge in [0.1, 0.15) is 6.10 Å². The van der Waals surface area contributed by atoms with Crippen LogP contribution in [0.1, 0.15) is 12.5 Å². The maximum atomic E-state index is 11.5. The Morgan fingerprint density at radius 3 is 2.59 bits per heavy atom. The zero-order valence-electron chi connectivity index (χ0n) is 8.98. The Balaban J connectivity index is 2.35. The molecule has 17 heavy (non-hydrogen) atoms. The fourth-order valence-electron chi connectivity index (χ4n) is 2.24. The molecule has 1 heterocycles.